The number of benzene rings is 1. The molecule has 1 unspecified atom stereocenters. The highest BCUT2D eigenvalue weighted by molar-refractivity contribution is 9.10. The summed E-state index contributed by atoms with van der Waals surface area (Å²) in [6.07, 6.45) is 2.94. The van der Waals surface area contributed by atoms with Gasteiger partial charge < -0.3 is 5.32 Å². The highest BCUT2D eigenvalue weighted by Gasteiger charge is 2.16. The summed E-state index contributed by atoms with van der Waals surface area (Å²) in [7, 11) is 0. The normalized spacial score (nSPS) is 12.3. The van der Waals surface area contributed by atoms with Crippen LogP contribution in [0.1, 0.15) is 30.6 Å². The summed E-state index contributed by atoms with van der Waals surface area (Å²) in [5, 5.41) is 3.55. The van der Waals surface area contributed by atoms with E-state index in [0.717, 1.165) is 23.1 Å². The summed E-state index contributed by atoms with van der Waals surface area (Å²) in [5.74, 6) is 0. The molecule has 0 aliphatic carbocycles. The van der Waals surface area contributed by atoms with Crippen LogP contribution in [0.2, 0.25) is 0 Å². The summed E-state index contributed by atoms with van der Waals surface area (Å²) < 4.78 is 1.04. The highest BCUT2D eigenvalue weighted by Crippen LogP contribution is 2.26. The van der Waals surface area contributed by atoms with Crippen LogP contribution in [0, 0.1) is 0 Å². The van der Waals surface area contributed by atoms with E-state index >= 15 is 0 Å². The number of rotatable bonds is 5. The van der Waals surface area contributed by atoms with Gasteiger partial charge in [-0.1, -0.05) is 37.3 Å². The number of halogens is 1. The first-order chi connectivity index (χ1) is 8.83. The molecule has 0 spiro atoms. The van der Waals surface area contributed by atoms with Crippen molar-refractivity contribution in [1.29, 1.82) is 0 Å². The Morgan fingerprint density at radius 1 is 1.17 bits per heavy atom. The molecule has 0 saturated heterocycles. The van der Waals surface area contributed by atoms with Crippen LogP contribution in [-0.2, 0) is 0 Å². The van der Waals surface area contributed by atoms with E-state index in [2.05, 4.69) is 57.4 Å². The molecule has 0 bridgehead atoms. The molecule has 1 N–H and O–H groups in total. The fourth-order valence-electron chi connectivity index (χ4n) is 1.92. The molecule has 2 aromatic rings. The van der Waals surface area contributed by atoms with Gasteiger partial charge in [0.25, 0.3) is 0 Å². The molecule has 18 heavy (non-hydrogen) atoms. The van der Waals surface area contributed by atoms with Gasteiger partial charge in [-0.05, 0) is 46.6 Å². The van der Waals surface area contributed by atoms with Crippen LogP contribution in [0.3, 0.4) is 0 Å². The average Bonchev–Trinajstić information content (AvgIpc) is 2.42. The smallest absolute Gasteiger partial charge is 0.0762 e. The van der Waals surface area contributed by atoms with Crippen molar-refractivity contribution in [3.63, 3.8) is 0 Å². The monoisotopic (exact) mass is 304 g/mol. The number of hydrogen-bond donors (Lipinski definition) is 1. The minimum absolute atomic E-state index is 0.140. The van der Waals surface area contributed by atoms with Gasteiger partial charge in [0.05, 0.1) is 11.7 Å². The lowest BCUT2D eigenvalue weighted by atomic mass is 10.0. The van der Waals surface area contributed by atoms with E-state index in [1.165, 1.54) is 5.56 Å². The van der Waals surface area contributed by atoms with Crippen molar-refractivity contribution in [1.82, 2.24) is 10.3 Å². The van der Waals surface area contributed by atoms with Crippen molar-refractivity contribution in [2.45, 2.75) is 19.4 Å². The Balaban J connectivity index is 2.34. The number of nitrogens with one attached hydrogen (secondary N) is 1. The van der Waals surface area contributed by atoms with E-state index in [1.54, 1.807) is 0 Å². The summed E-state index contributed by atoms with van der Waals surface area (Å²) >= 11 is 3.58. The van der Waals surface area contributed by atoms with Crippen LogP contribution in [-0.4, -0.2) is 11.5 Å². The first kappa shape index (κ1) is 13.2. The molecule has 0 aliphatic heterocycles. The average molecular weight is 305 g/mol. The van der Waals surface area contributed by atoms with Gasteiger partial charge >= 0.3 is 0 Å². The van der Waals surface area contributed by atoms with Crippen molar-refractivity contribution < 1.29 is 0 Å². The predicted octanol–water partition coefficient (Wildman–Crippen LogP) is 3.93. The minimum atomic E-state index is 0.140. The zero-order chi connectivity index (χ0) is 12.8. The Hall–Kier alpha value is -1.19. The lowest BCUT2D eigenvalue weighted by Crippen LogP contribution is -2.24. The van der Waals surface area contributed by atoms with E-state index in [4.69, 9.17) is 0 Å². The molecule has 0 radical (unpaired) electrons. The molecule has 2 nitrogen and oxygen atoms in total. The first-order valence-electron chi connectivity index (χ1n) is 6.21. The maximum Gasteiger partial charge on any atom is 0.0762 e. The molecular formula is C15H17BrN2. The molecule has 1 aromatic heterocycles. The second-order valence-corrected chi connectivity index (χ2v) is 5.02. The van der Waals surface area contributed by atoms with Crippen LogP contribution in [0.4, 0.5) is 0 Å². The second-order valence-electron chi connectivity index (χ2n) is 4.17. The fraction of sp³-hybridized carbons (Fsp3) is 0.267. The molecule has 0 amide bonds. The summed E-state index contributed by atoms with van der Waals surface area (Å²) in [6.45, 7) is 3.14. The van der Waals surface area contributed by atoms with E-state index in [0.29, 0.717) is 0 Å². The quantitative estimate of drug-likeness (QED) is 0.905. The highest BCUT2D eigenvalue weighted by atomic mass is 79.9. The Morgan fingerprint density at radius 2 is 1.94 bits per heavy atom. The molecule has 1 atom stereocenters. The zero-order valence-electron chi connectivity index (χ0n) is 10.4. The maximum atomic E-state index is 4.50. The number of nitrogens with zero attached hydrogens (tertiary/aromatic N) is 1. The molecule has 3 heteroatoms. The van der Waals surface area contributed by atoms with Gasteiger partial charge in [0, 0.05) is 10.7 Å². The van der Waals surface area contributed by atoms with Gasteiger partial charge in [0.1, 0.15) is 0 Å². The third-order valence-corrected chi connectivity index (χ3v) is 3.46. The first-order valence-corrected chi connectivity index (χ1v) is 7.01. The summed E-state index contributed by atoms with van der Waals surface area (Å²) in [6, 6.07) is 14.5. The van der Waals surface area contributed by atoms with Crippen LogP contribution < -0.4 is 5.32 Å². The van der Waals surface area contributed by atoms with Gasteiger partial charge in [-0.15, -0.1) is 0 Å². The molecule has 0 fully saturated rings. The molecule has 1 heterocycles. The van der Waals surface area contributed by atoms with Crippen molar-refractivity contribution in [2.75, 3.05) is 6.54 Å². The van der Waals surface area contributed by atoms with Crippen molar-refractivity contribution in [3.05, 3.63) is 64.4 Å². The Labute approximate surface area is 117 Å². The van der Waals surface area contributed by atoms with Crippen molar-refractivity contribution in [3.8, 4) is 0 Å². The number of aromatic nitrogens is 1. The Morgan fingerprint density at radius 3 is 2.61 bits per heavy atom. The van der Waals surface area contributed by atoms with E-state index in [1.807, 2.05) is 24.4 Å². The third-order valence-electron chi connectivity index (χ3n) is 2.79. The molecule has 0 saturated carbocycles. The van der Waals surface area contributed by atoms with Gasteiger partial charge in [0.15, 0.2) is 0 Å². The standard InChI is InChI=1S/C15H17BrN2/c1-2-10-17-14(12-7-4-3-5-8-12)15-13(16)9-6-11-18-15/h3-9,11,14,17H,2,10H2,1H3. The second kappa shape index (κ2) is 6.66. The zero-order valence-corrected chi connectivity index (χ0v) is 12.0. The Bertz CT molecular complexity index is 485. The fourth-order valence-corrected chi connectivity index (χ4v) is 2.40. The molecule has 94 valence electrons. The van der Waals surface area contributed by atoms with Gasteiger partial charge in [-0.3, -0.25) is 4.98 Å². The van der Waals surface area contributed by atoms with Crippen LogP contribution in [0.15, 0.2) is 53.1 Å². The molecule has 0 aliphatic rings. The van der Waals surface area contributed by atoms with Gasteiger partial charge in [-0.25, -0.2) is 0 Å². The van der Waals surface area contributed by atoms with Crippen LogP contribution in [0.5, 0.6) is 0 Å². The van der Waals surface area contributed by atoms with Crippen molar-refractivity contribution >= 4 is 15.9 Å². The number of hydrogen-bond acceptors (Lipinski definition) is 2. The molecule has 1 aromatic carbocycles. The van der Waals surface area contributed by atoms with Gasteiger partial charge in [-0.2, -0.15) is 0 Å². The number of pyridine rings is 1. The Kier molecular flexibility index (Phi) is 4.90. The largest absolute Gasteiger partial charge is 0.305 e. The minimum Gasteiger partial charge on any atom is -0.305 e. The third kappa shape index (κ3) is 3.18. The maximum absolute atomic E-state index is 4.50. The SMILES string of the molecule is CCCNC(c1ccccc1)c1ncccc1Br. The topological polar surface area (TPSA) is 24.9 Å². The molecular weight excluding hydrogens is 288 g/mol. The van der Waals surface area contributed by atoms with Crippen LogP contribution >= 0.6 is 15.9 Å². The van der Waals surface area contributed by atoms with Gasteiger partial charge in [0.2, 0.25) is 0 Å². The predicted molar refractivity (Wildman–Crippen MR) is 78.5 cm³/mol. The summed E-state index contributed by atoms with van der Waals surface area (Å²) in [4.78, 5) is 4.50. The lowest BCUT2D eigenvalue weighted by molar-refractivity contribution is 0.584. The lowest BCUT2D eigenvalue weighted by Gasteiger charge is -2.19. The van der Waals surface area contributed by atoms with E-state index < -0.39 is 0 Å². The summed E-state index contributed by atoms with van der Waals surface area (Å²) in [5.41, 5.74) is 2.28. The van der Waals surface area contributed by atoms with E-state index in [9.17, 15) is 0 Å². The molecule has 2 rings (SSSR count). The van der Waals surface area contributed by atoms with Crippen LogP contribution in [0.25, 0.3) is 0 Å². The van der Waals surface area contributed by atoms with E-state index in [-0.39, 0.29) is 6.04 Å². The van der Waals surface area contributed by atoms with Crippen molar-refractivity contribution in [2.24, 2.45) is 0 Å².